The topological polar surface area (TPSA) is 65.2 Å². The lowest BCUT2D eigenvalue weighted by atomic mass is 10.1. The average Bonchev–Trinajstić information content (AvgIpc) is 2.92. The first-order chi connectivity index (χ1) is 10.9. The van der Waals surface area contributed by atoms with E-state index in [1.165, 1.54) is 6.92 Å². The van der Waals surface area contributed by atoms with Gasteiger partial charge in [0.25, 0.3) is 11.7 Å². The molecule has 124 valence electrons. The second-order valence-electron chi connectivity index (χ2n) is 5.28. The summed E-state index contributed by atoms with van der Waals surface area (Å²) in [5.41, 5.74) is 1.06. The number of hydrogen-bond donors (Lipinski definition) is 0. The Bertz CT molecular complexity index is 671. The standard InChI is InChI=1S/C16H18F2N2O3/c1-11-6-5-7-13(10-11)22-9-4-3-8-16(17,18)14(21)15-20-19-12(2)23-15/h5-7,10H,3-4,8-9H2,1-2H3. The van der Waals surface area contributed by atoms with E-state index in [-0.39, 0.29) is 12.3 Å². The maximum Gasteiger partial charge on any atom is 0.314 e. The van der Waals surface area contributed by atoms with Crippen LogP contribution < -0.4 is 4.74 Å². The van der Waals surface area contributed by atoms with Crippen molar-refractivity contribution in [2.75, 3.05) is 6.61 Å². The van der Waals surface area contributed by atoms with Gasteiger partial charge in [-0.2, -0.15) is 8.78 Å². The molecule has 2 rings (SSSR count). The molecule has 0 saturated heterocycles. The molecule has 2 aromatic rings. The third-order valence-corrected chi connectivity index (χ3v) is 3.20. The van der Waals surface area contributed by atoms with Gasteiger partial charge in [-0.15, -0.1) is 10.2 Å². The highest BCUT2D eigenvalue weighted by molar-refractivity contribution is 5.97. The quantitative estimate of drug-likeness (QED) is 0.546. The molecular weight excluding hydrogens is 306 g/mol. The average molecular weight is 324 g/mol. The zero-order valence-corrected chi connectivity index (χ0v) is 13.0. The number of aromatic nitrogens is 2. The minimum atomic E-state index is -3.51. The van der Waals surface area contributed by atoms with Crippen LogP contribution in [-0.2, 0) is 0 Å². The smallest absolute Gasteiger partial charge is 0.314 e. The molecule has 0 radical (unpaired) electrons. The van der Waals surface area contributed by atoms with Gasteiger partial charge in [0, 0.05) is 13.3 Å². The largest absolute Gasteiger partial charge is 0.494 e. The van der Waals surface area contributed by atoms with Gasteiger partial charge in [0.05, 0.1) is 6.61 Å². The Kier molecular flexibility index (Phi) is 5.41. The Morgan fingerprint density at radius 3 is 2.70 bits per heavy atom. The molecule has 23 heavy (non-hydrogen) atoms. The van der Waals surface area contributed by atoms with Crippen LogP contribution in [0.25, 0.3) is 0 Å². The second-order valence-corrected chi connectivity index (χ2v) is 5.28. The van der Waals surface area contributed by atoms with E-state index in [2.05, 4.69) is 10.2 Å². The van der Waals surface area contributed by atoms with Crippen LogP contribution >= 0.6 is 0 Å². The van der Waals surface area contributed by atoms with E-state index >= 15 is 0 Å². The summed E-state index contributed by atoms with van der Waals surface area (Å²) in [6.45, 7) is 3.69. The fourth-order valence-corrected chi connectivity index (χ4v) is 2.00. The monoisotopic (exact) mass is 324 g/mol. The number of ketones is 1. The molecular formula is C16H18F2N2O3. The second kappa shape index (κ2) is 7.30. The van der Waals surface area contributed by atoms with Gasteiger partial charge in [0.1, 0.15) is 5.75 Å². The molecule has 0 atom stereocenters. The summed E-state index contributed by atoms with van der Waals surface area (Å²) in [7, 11) is 0. The summed E-state index contributed by atoms with van der Waals surface area (Å²) in [4.78, 5) is 11.6. The Morgan fingerprint density at radius 2 is 2.04 bits per heavy atom. The van der Waals surface area contributed by atoms with Crippen molar-refractivity contribution >= 4 is 5.78 Å². The molecule has 0 amide bonds. The van der Waals surface area contributed by atoms with Gasteiger partial charge in [-0.05, 0) is 37.5 Å². The first-order valence-electron chi connectivity index (χ1n) is 7.31. The molecule has 1 aromatic carbocycles. The number of benzene rings is 1. The van der Waals surface area contributed by atoms with Crippen LogP contribution in [0.4, 0.5) is 8.78 Å². The molecule has 0 fully saturated rings. The Morgan fingerprint density at radius 1 is 1.26 bits per heavy atom. The lowest BCUT2D eigenvalue weighted by Crippen LogP contribution is -2.29. The molecule has 1 aromatic heterocycles. The number of ether oxygens (including phenoxy) is 1. The Labute approximate surface area is 132 Å². The van der Waals surface area contributed by atoms with Crippen LogP contribution in [0.15, 0.2) is 28.7 Å². The van der Waals surface area contributed by atoms with Gasteiger partial charge in [-0.3, -0.25) is 4.79 Å². The molecule has 5 nitrogen and oxygen atoms in total. The molecule has 0 aliphatic carbocycles. The maximum atomic E-state index is 13.8. The summed E-state index contributed by atoms with van der Waals surface area (Å²) in [5, 5.41) is 6.71. The molecule has 0 bridgehead atoms. The van der Waals surface area contributed by atoms with Gasteiger partial charge in [0.15, 0.2) is 0 Å². The molecule has 0 spiro atoms. The van der Waals surface area contributed by atoms with Gasteiger partial charge in [0.2, 0.25) is 5.89 Å². The third-order valence-electron chi connectivity index (χ3n) is 3.20. The SMILES string of the molecule is Cc1cccc(OCCCCC(F)(F)C(=O)c2nnc(C)o2)c1. The van der Waals surface area contributed by atoms with E-state index in [1.54, 1.807) is 0 Å². The van der Waals surface area contributed by atoms with Crippen molar-refractivity contribution < 1.29 is 22.7 Å². The number of rotatable bonds is 8. The molecule has 0 saturated carbocycles. The van der Waals surface area contributed by atoms with E-state index in [9.17, 15) is 13.6 Å². The van der Waals surface area contributed by atoms with Crippen molar-refractivity contribution in [2.45, 2.75) is 39.0 Å². The predicted octanol–water partition coefficient (Wildman–Crippen LogP) is 3.75. The van der Waals surface area contributed by atoms with Crippen LogP contribution in [-0.4, -0.2) is 28.5 Å². The van der Waals surface area contributed by atoms with Gasteiger partial charge >= 0.3 is 5.92 Å². The van der Waals surface area contributed by atoms with Crippen LogP contribution in [0, 0.1) is 13.8 Å². The maximum absolute atomic E-state index is 13.8. The number of aryl methyl sites for hydroxylation is 2. The van der Waals surface area contributed by atoms with E-state index in [0.29, 0.717) is 18.8 Å². The fourth-order valence-electron chi connectivity index (χ4n) is 2.00. The van der Waals surface area contributed by atoms with Crippen molar-refractivity contribution in [3.05, 3.63) is 41.6 Å². The zero-order chi connectivity index (χ0) is 16.9. The molecule has 7 heteroatoms. The predicted molar refractivity (Wildman–Crippen MR) is 78.8 cm³/mol. The van der Waals surface area contributed by atoms with Crippen molar-refractivity contribution in [1.29, 1.82) is 0 Å². The van der Waals surface area contributed by atoms with E-state index in [0.717, 1.165) is 5.56 Å². The number of alkyl halides is 2. The minimum Gasteiger partial charge on any atom is -0.494 e. The lowest BCUT2D eigenvalue weighted by Gasteiger charge is -2.12. The number of unbranched alkanes of at least 4 members (excludes halogenated alkanes) is 1. The number of Topliss-reactive ketones (excluding diaryl/α,β-unsaturated/α-hetero) is 1. The summed E-state index contributed by atoms with van der Waals surface area (Å²) >= 11 is 0. The first-order valence-corrected chi connectivity index (χ1v) is 7.31. The van der Waals surface area contributed by atoms with E-state index in [4.69, 9.17) is 9.15 Å². The van der Waals surface area contributed by atoms with Crippen molar-refractivity contribution in [2.24, 2.45) is 0 Å². The molecule has 0 aliphatic rings. The zero-order valence-electron chi connectivity index (χ0n) is 13.0. The summed E-state index contributed by atoms with van der Waals surface area (Å²) < 4.78 is 37.8. The minimum absolute atomic E-state index is 0.0794. The van der Waals surface area contributed by atoms with Crippen molar-refractivity contribution in [3.8, 4) is 5.75 Å². The van der Waals surface area contributed by atoms with Crippen LogP contribution in [0.1, 0.15) is 41.4 Å². The highest BCUT2D eigenvalue weighted by Gasteiger charge is 2.41. The number of nitrogens with zero attached hydrogens (tertiary/aromatic N) is 2. The summed E-state index contributed by atoms with van der Waals surface area (Å²) in [5.74, 6) is -4.81. The molecule has 1 heterocycles. The van der Waals surface area contributed by atoms with Gasteiger partial charge in [-0.1, -0.05) is 12.1 Å². The first kappa shape index (κ1) is 17.1. The fraction of sp³-hybridized carbons (Fsp3) is 0.438. The summed E-state index contributed by atoms with van der Waals surface area (Å²) in [6.07, 6.45) is -0.0121. The number of hydrogen-bond acceptors (Lipinski definition) is 5. The van der Waals surface area contributed by atoms with E-state index in [1.807, 2.05) is 31.2 Å². The van der Waals surface area contributed by atoms with Crippen molar-refractivity contribution in [3.63, 3.8) is 0 Å². The normalized spacial score (nSPS) is 11.5. The van der Waals surface area contributed by atoms with Crippen molar-refractivity contribution in [1.82, 2.24) is 10.2 Å². The molecule has 0 unspecified atom stereocenters. The Hall–Kier alpha value is -2.31. The Balaban J connectivity index is 1.75. The van der Waals surface area contributed by atoms with E-state index < -0.39 is 24.0 Å². The highest BCUT2D eigenvalue weighted by atomic mass is 19.3. The number of carbonyl (C=O) groups is 1. The van der Waals surface area contributed by atoms with Crippen LogP contribution in [0.3, 0.4) is 0 Å². The van der Waals surface area contributed by atoms with Gasteiger partial charge < -0.3 is 9.15 Å². The number of carbonyl (C=O) groups excluding carboxylic acids is 1. The summed E-state index contributed by atoms with van der Waals surface area (Å²) in [6, 6.07) is 7.49. The van der Waals surface area contributed by atoms with Gasteiger partial charge in [-0.25, -0.2) is 0 Å². The highest BCUT2D eigenvalue weighted by Crippen LogP contribution is 2.26. The lowest BCUT2D eigenvalue weighted by molar-refractivity contribution is -0.0000893. The van der Waals surface area contributed by atoms with Crippen LogP contribution in [0.2, 0.25) is 0 Å². The number of halogens is 2. The third kappa shape index (κ3) is 4.84. The molecule has 0 aliphatic heterocycles. The molecule has 0 N–H and O–H groups in total. The van der Waals surface area contributed by atoms with Crippen LogP contribution in [0.5, 0.6) is 5.75 Å².